The van der Waals surface area contributed by atoms with Gasteiger partial charge in [-0.25, -0.2) is 4.98 Å². The molecular formula is C15H29N3S. The minimum atomic E-state index is 0.162. The lowest BCUT2D eigenvalue weighted by Crippen LogP contribution is -2.32. The van der Waals surface area contributed by atoms with Crippen LogP contribution in [0.3, 0.4) is 0 Å². The Morgan fingerprint density at radius 3 is 2.53 bits per heavy atom. The van der Waals surface area contributed by atoms with Crippen LogP contribution >= 0.6 is 11.3 Å². The number of hydrogen-bond donors (Lipinski definition) is 1. The van der Waals surface area contributed by atoms with Crippen LogP contribution in [0.1, 0.15) is 51.7 Å². The van der Waals surface area contributed by atoms with Crippen molar-refractivity contribution in [3.8, 4) is 0 Å². The van der Waals surface area contributed by atoms with E-state index < -0.39 is 0 Å². The van der Waals surface area contributed by atoms with E-state index in [1.807, 2.05) is 0 Å². The summed E-state index contributed by atoms with van der Waals surface area (Å²) >= 11 is 1.76. The summed E-state index contributed by atoms with van der Waals surface area (Å²) in [4.78, 5) is 7.18. The summed E-state index contributed by atoms with van der Waals surface area (Å²) in [5.41, 5.74) is 1.37. The van der Waals surface area contributed by atoms with Crippen LogP contribution < -0.4 is 5.32 Å². The van der Waals surface area contributed by atoms with Crippen LogP contribution in [0.15, 0.2) is 5.38 Å². The van der Waals surface area contributed by atoms with Crippen molar-refractivity contribution in [3.63, 3.8) is 0 Å². The fourth-order valence-electron chi connectivity index (χ4n) is 1.91. The lowest BCUT2D eigenvalue weighted by atomic mass is 9.93. The monoisotopic (exact) mass is 283 g/mol. The fourth-order valence-corrected chi connectivity index (χ4v) is 2.90. The zero-order valence-corrected chi connectivity index (χ0v) is 13.9. The number of nitrogens with zero attached hydrogens (tertiary/aromatic N) is 2. The Labute approximate surface area is 122 Å². The summed E-state index contributed by atoms with van der Waals surface area (Å²) in [6.45, 7) is 16.5. The molecule has 1 aromatic heterocycles. The minimum absolute atomic E-state index is 0.162. The quantitative estimate of drug-likeness (QED) is 0.742. The molecule has 0 fully saturated rings. The maximum Gasteiger partial charge on any atom is 0.107 e. The maximum atomic E-state index is 4.70. The van der Waals surface area contributed by atoms with Crippen molar-refractivity contribution in [1.29, 1.82) is 0 Å². The summed E-state index contributed by atoms with van der Waals surface area (Å²) < 4.78 is 0. The van der Waals surface area contributed by atoms with E-state index in [1.54, 1.807) is 11.3 Å². The molecule has 0 bridgehead atoms. The molecule has 19 heavy (non-hydrogen) atoms. The first-order chi connectivity index (χ1) is 8.97. The molecule has 0 amide bonds. The van der Waals surface area contributed by atoms with E-state index >= 15 is 0 Å². The smallest absolute Gasteiger partial charge is 0.107 e. The van der Waals surface area contributed by atoms with Gasteiger partial charge in [-0.1, -0.05) is 34.6 Å². The van der Waals surface area contributed by atoms with Crippen LogP contribution in [0.4, 0.5) is 0 Å². The third-order valence-electron chi connectivity index (χ3n) is 3.19. The first kappa shape index (κ1) is 16.6. The van der Waals surface area contributed by atoms with E-state index in [0.717, 1.165) is 26.2 Å². The molecule has 0 aromatic carbocycles. The Bertz CT molecular complexity index is 355. The second kappa shape index (κ2) is 7.98. The molecule has 0 unspecified atom stereocenters. The summed E-state index contributed by atoms with van der Waals surface area (Å²) in [6.07, 6.45) is 1.23. The summed E-state index contributed by atoms with van der Waals surface area (Å²) in [5.74, 6) is 0. The van der Waals surface area contributed by atoms with E-state index in [0.29, 0.717) is 0 Å². The Balaban J connectivity index is 2.28. The third kappa shape index (κ3) is 6.02. The van der Waals surface area contributed by atoms with Gasteiger partial charge in [0.25, 0.3) is 0 Å². The van der Waals surface area contributed by atoms with Gasteiger partial charge in [-0.05, 0) is 19.5 Å². The topological polar surface area (TPSA) is 28.2 Å². The molecule has 0 aliphatic carbocycles. The van der Waals surface area contributed by atoms with Crippen LogP contribution in [0.2, 0.25) is 0 Å². The third-order valence-corrected chi connectivity index (χ3v) is 4.04. The van der Waals surface area contributed by atoms with Crippen molar-refractivity contribution >= 4 is 11.3 Å². The summed E-state index contributed by atoms with van der Waals surface area (Å²) in [5, 5.41) is 6.88. The van der Waals surface area contributed by atoms with E-state index in [2.05, 4.69) is 50.2 Å². The normalized spacial score (nSPS) is 12.3. The van der Waals surface area contributed by atoms with Crippen molar-refractivity contribution in [3.05, 3.63) is 16.1 Å². The summed E-state index contributed by atoms with van der Waals surface area (Å²) in [7, 11) is 0. The van der Waals surface area contributed by atoms with Gasteiger partial charge in [0.1, 0.15) is 5.01 Å². The van der Waals surface area contributed by atoms with Crippen molar-refractivity contribution in [1.82, 2.24) is 15.2 Å². The second-order valence-electron chi connectivity index (χ2n) is 5.99. The number of rotatable bonds is 8. The van der Waals surface area contributed by atoms with Gasteiger partial charge in [0, 0.05) is 30.4 Å². The van der Waals surface area contributed by atoms with Gasteiger partial charge in [0.2, 0.25) is 0 Å². The highest BCUT2D eigenvalue weighted by atomic mass is 32.1. The molecule has 1 N–H and O–H groups in total. The molecule has 0 spiro atoms. The molecule has 1 rings (SSSR count). The van der Waals surface area contributed by atoms with Crippen molar-refractivity contribution in [2.45, 2.75) is 53.0 Å². The van der Waals surface area contributed by atoms with Crippen LogP contribution in [-0.2, 0) is 12.0 Å². The number of thiazole rings is 1. The second-order valence-corrected chi connectivity index (χ2v) is 6.93. The Kier molecular flexibility index (Phi) is 6.97. The number of hydrogen-bond acceptors (Lipinski definition) is 4. The molecule has 0 radical (unpaired) electrons. The van der Waals surface area contributed by atoms with Crippen LogP contribution in [0, 0.1) is 0 Å². The van der Waals surface area contributed by atoms with E-state index in [-0.39, 0.29) is 5.41 Å². The molecule has 1 aromatic rings. The predicted molar refractivity (Wildman–Crippen MR) is 84.9 cm³/mol. The number of nitrogens with one attached hydrogen (secondary N) is 1. The van der Waals surface area contributed by atoms with Gasteiger partial charge >= 0.3 is 0 Å². The highest BCUT2D eigenvalue weighted by Crippen LogP contribution is 2.23. The molecule has 0 aliphatic heterocycles. The molecule has 0 atom stereocenters. The molecule has 0 saturated heterocycles. The predicted octanol–water partition coefficient (Wildman–Crippen LogP) is 3.26. The van der Waals surface area contributed by atoms with Crippen LogP contribution in [0.5, 0.6) is 0 Å². The molecule has 0 aliphatic rings. The lowest BCUT2D eigenvalue weighted by Gasteiger charge is -2.19. The number of aromatic nitrogens is 1. The van der Waals surface area contributed by atoms with Gasteiger partial charge in [0.05, 0.1) is 5.69 Å². The van der Waals surface area contributed by atoms with Gasteiger partial charge < -0.3 is 10.2 Å². The Hall–Kier alpha value is -0.450. The van der Waals surface area contributed by atoms with Gasteiger partial charge in [-0.15, -0.1) is 11.3 Å². The standard InChI is InChI=1S/C15H29N3S/c1-6-9-18(7-2)10-8-16-11-14-17-13(12-19-14)15(3,4)5/h12,16H,6-11H2,1-5H3. The molecular weight excluding hydrogens is 254 g/mol. The largest absolute Gasteiger partial charge is 0.309 e. The highest BCUT2D eigenvalue weighted by molar-refractivity contribution is 7.09. The lowest BCUT2D eigenvalue weighted by molar-refractivity contribution is 0.287. The Morgan fingerprint density at radius 1 is 1.26 bits per heavy atom. The molecule has 110 valence electrons. The maximum absolute atomic E-state index is 4.70. The SMILES string of the molecule is CCCN(CC)CCNCc1nc(C(C)(C)C)cs1. The van der Waals surface area contributed by atoms with Gasteiger partial charge in [0.15, 0.2) is 0 Å². The van der Waals surface area contributed by atoms with Crippen molar-refractivity contribution in [2.24, 2.45) is 0 Å². The van der Waals surface area contributed by atoms with Gasteiger partial charge in [-0.2, -0.15) is 0 Å². The van der Waals surface area contributed by atoms with E-state index in [4.69, 9.17) is 4.98 Å². The highest BCUT2D eigenvalue weighted by Gasteiger charge is 2.17. The average molecular weight is 283 g/mol. The van der Waals surface area contributed by atoms with Crippen LogP contribution in [0.25, 0.3) is 0 Å². The van der Waals surface area contributed by atoms with Gasteiger partial charge in [-0.3, -0.25) is 0 Å². The minimum Gasteiger partial charge on any atom is -0.309 e. The zero-order chi connectivity index (χ0) is 14.3. The molecule has 3 nitrogen and oxygen atoms in total. The number of likely N-dealkylation sites (N-methyl/N-ethyl adjacent to an activating group) is 1. The first-order valence-corrected chi connectivity index (χ1v) is 8.23. The van der Waals surface area contributed by atoms with Crippen LogP contribution in [-0.4, -0.2) is 36.1 Å². The molecule has 1 heterocycles. The zero-order valence-electron chi connectivity index (χ0n) is 13.1. The molecule has 0 saturated carbocycles. The molecule has 4 heteroatoms. The van der Waals surface area contributed by atoms with Crippen molar-refractivity contribution < 1.29 is 0 Å². The Morgan fingerprint density at radius 2 is 2.00 bits per heavy atom. The van der Waals surface area contributed by atoms with Crippen molar-refractivity contribution in [2.75, 3.05) is 26.2 Å². The van der Waals surface area contributed by atoms with E-state index in [1.165, 1.54) is 23.7 Å². The first-order valence-electron chi connectivity index (χ1n) is 7.35. The fraction of sp³-hybridized carbons (Fsp3) is 0.800. The van der Waals surface area contributed by atoms with E-state index in [9.17, 15) is 0 Å². The summed E-state index contributed by atoms with van der Waals surface area (Å²) in [6, 6.07) is 0. The average Bonchev–Trinajstić information content (AvgIpc) is 2.81.